The van der Waals surface area contributed by atoms with Gasteiger partial charge in [-0.05, 0) is 17.4 Å². The monoisotopic (exact) mass is 385 g/mol. The van der Waals surface area contributed by atoms with Crippen LogP contribution in [0, 0.1) is 5.92 Å². The average molecular weight is 386 g/mol. The summed E-state index contributed by atoms with van der Waals surface area (Å²) in [7, 11) is 5.85. The van der Waals surface area contributed by atoms with Crippen molar-refractivity contribution in [3.05, 3.63) is 53.3 Å². The molecule has 6 heteroatoms. The van der Waals surface area contributed by atoms with Crippen LogP contribution in [0.25, 0.3) is 0 Å². The molecule has 0 aliphatic heterocycles. The third-order valence-corrected chi connectivity index (χ3v) is 4.59. The molecule has 0 saturated carbocycles. The number of ether oxygens (including phenoxy) is 1. The first-order chi connectivity index (χ1) is 13.4. The van der Waals surface area contributed by atoms with Crippen molar-refractivity contribution in [2.45, 2.75) is 39.8 Å². The molecule has 0 fully saturated rings. The topological polar surface area (TPSA) is 54.7 Å². The third kappa shape index (κ3) is 6.68. The molecule has 28 heavy (non-hydrogen) atoms. The molecule has 0 saturated heterocycles. The summed E-state index contributed by atoms with van der Waals surface area (Å²) in [6.07, 6.45) is 2.10. The van der Waals surface area contributed by atoms with Gasteiger partial charge in [0.05, 0.1) is 18.9 Å². The zero-order chi connectivity index (χ0) is 20.5. The number of hydrogen-bond acceptors (Lipinski definition) is 3. The van der Waals surface area contributed by atoms with Crippen molar-refractivity contribution in [3.63, 3.8) is 0 Å². The molecule has 1 heterocycles. The Morgan fingerprint density at radius 2 is 1.96 bits per heavy atom. The molecule has 1 unspecified atom stereocenters. The van der Waals surface area contributed by atoms with Gasteiger partial charge in [-0.2, -0.15) is 5.10 Å². The molecule has 2 rings (SSSR count). The third-order valence-electron chi connectivity index (χ3n) is 4.59. The molecular formula is C22H35N5O. The summed E-state index contributed by atoms with van der Waals surface area (Å²) >= 11 is 0. The summed E-state index contributed by atoms with van der Waals surface area (Å²) in [6.45, 7) is 9.49. The SMILES string of the molecule is CN=C(NCC(C)COCc1ccccc1)N(C)Cc1cn(C)nc1C(C)C. The normalized spacial score (nSPS) is 13.0. The molecule has 0 aliphatic rings. The van der Waals surface area contributed by atoms with E-state index in [0.29, 0.717) is 25.0 Å². The molecule has 6 nitrogen and oxygen atoms in total. The smallest absolute Gasteiger partial charge is 0.193 e. The van der Waals surface area contributed by atoms with Crippen LogP contribution in [0.4, 0.5) is 0 Å². The van der Waals surface area contributed by atoms with E-state index in [2.05, 4.69) is 66.5 Å². The predicted molar refractivity (Wildman–Crippen MR) is 115 cm³/mol. The maximum Gasteiger partial charge on any atom is 0.193 e. The maximum absolute atomic E-state index is 5.84. The highest BCUT2D eigenvalue weighted by Crippen LogP contribution is 2.18. The van der Waals surface area contributed by atoms with Gasteiger partial charge in [0, 0.05) is 46.0 Å². The van der Waals surface area contributed by atoms with Crippen LogP contribution >= 0.6 is 0 Å². The zero-order valence-electron chi connectivity index (χ0n) is 18.1. The van der Waals surface area contributed by atoms with Crippen LogP contribution in [0.2, 0.25) is 0 Å². The fourth-order valence-corrected chi connectivity index (χ4v) is 3.15. The molecule has 0 spiro atoms. The Hall–Kier alpha value is -2.34. The molecular weight excluding hydrogens is 350 g/mol. The highest BCUT2D eigenvalue weighted by atomic mass is 16.5. The van der Waals surface area contributed by atoms with Crippen LogP contribution in [-0.4, -0.2) is 47.9 Å². The van der Waals surface area contributed by atoms with Crippen molar-refractivity contribution in [2.24, 2.45) is 18.0 Å². The summed E-state index contributed by atoms with van der Waals surface area (Å²) in [6, 6.07) is 10.3. The lowest BCUT2D eigenvalue weighted by Gasteiger charge is -2.24. The van der Waals surface area contributed by atoms with Crippen molar-refractivity contribution >= 4 is 5.96 Å². The molecule has 0 radical (unpaired) electrons. The minimum absolute atomic E-state index is 0.387. The Kier molecular flexibility index (Phi) is 8.51. The second-order valence-electron chi connectivity index (χ2n) is 7.76. The van der Waals surface area contributed by atoms with Gasteiger partial charge in [0.15, 0.2) is 5.96 Å². The fraction of sp³-hybridized carbons (Fsp3) is 0.545. The number of benzene rings is 1. The number of hydrogen-bond donors (Lipinski definition) is 1. The number of nitrogens with one attached hydrogen (secondary N) is 1. The van der Waals surface area contributed by atoms with E-state index < -0.39 is 0 Å². The molecule has 1 aromatic carbocycles. The molecule has 0 bridgehead atoms. The molecule has 1 aromatic heterocycles. The summed E-state index contributed by atoms with van der Waals surface area (Å²) in [5.41, 5.74) is 3.59. The van der Waals surface area contributed by atoms with E-state index in [-0.39, 0.29) is 0 Å². The van der Waals surface area contributed by atoms with Crippen LogP contribution in [0.3, 0.4) is 0 Å². The maximum atomic E-state index is 5.84. The first kappa shape index (κ1) is 22.0. The van der Waals surface area contributed by atoms with E-state index in [1.165, 1.54) is 11.1 Å². The van der Waals surface area contributed by atoms with Crippen molar-refractivity contribution in [3.8, 4) is 0 Å². The van der Waals surface area contributed by atoms with E-state index in [9.17, 15) is 0 Å². The van der Waals surface area contributed by atoms with Gasteiger partial charge >= 0.3 is 0 Å². The van der Waals surface area contributed by atoms with Gasteiger partial charge in [0.1, 0.15) is 0 Å². The van der Waals surface area contributed by atoms with Crippen molar-refractivity contribution in [1.82, 2.24) is 20.0 Å². The molecule has 2 aromatic rings. The standard InChI is InChI=1S/C22H35N5O/c1-17(2)21-20(14-27(6)25-21)13-26(5)22(23-4)24-12-18(3)15-28-16-19-10-8-7-9-11-19/h7-11,14,17-18H,12-13,15-16H2,1-6H3,(H,23,24). The summed E-state index contributed by atoms with van der Waals surface area (Å²) in [5, 5.41) is 8.06. The Morgan fingerprint density at radius 1 is 1.25 bits per heavy atom. The molecule has 0 amide bonds. The highest BCUT2D eigenvalue weighted by molar-refractivity contribution is 5.79. The number of rotatable bonds is 9. The van der Waals surface area contributed by atoms with Crippen molar-refractivity contribution in [2.75, 3.05) is 27.2 Å². The van der Waals surface area contributed by atoms with Crippen LogP contribution in [0.5, 0.6) is 0 Å². The average Bonchev–Trinajstić information content (AvgIpc) is 3.03. The van der Waals surface area contributed by atoms with Crippen LogP contribution in [0.15, 0.2) is 41.5 Å². The number of aromatic nitrogens is 2. The lowest BCUT2D eigenvalue weighted by atomic mass is 10.1. The van der Waals surface area contributed by atoms with Crippen LogP contribution < -0.4 is 5.32 Å². The first-order valence-electron chi connectivity index (χ1n) is 9.96. The summed E-state index contributed by atoms with van der Waals surface area (Å²) < 4.78 is 7.73. The number of guanidine groups is 1. The Labute approximate surface area is 169 Å². The zero-order valence-corrected chi connectivity index (χ0v) is 18.1. The van der Waals surface area contributed by atoms with Gasteiger partial charge in [-0.15, -0.1) is 0 Å². The molecule has 154 valence electrons. The van der Waals surface area contributed by atoms with E-state index in [4.69, 9.17) is 4.74 Å². The quantitative estimate of drug-likeness (QED) is 0.531. The molecule has 0 aliphatic carbocycles. The lowest BCUT2D eigenvalue weighted by Crippen LogP contribution is -2.41. The van der Waals surface area contributed by atoms with Gasteiger partial charge < -0.3 is 15.0 Å². The van der Waals surface area contributed by atoms with E-state index in [1.54, 1.807) is 0 Å². The number of aliphatic imine (C=N–C) groups is 1. The van der Waals surface area contributed by atoms with E-state index in [0.717, 1.165) is 24.7 Å². The second-order valence-corrected chi connectivity index (χ2v) is 7.76. The highest BCUT2D eigenvalue weighted by Gasteiger charge is 2.15. The fourth-order valence-electron chi connectivity index (χ4n) is 3.15. The van der Waals surface area contributed by atoms with Gasteiger partial charge in [-0.1, -0.05) is 51.1 Å². The number of aryl methyl sites for hydroxylation is 1. The van der Waals surface area contributed by atoms with E-state index >= 15 is 0 Å². The Balaban J connectivity index is 1.79. The lowest BCUT2D eigenvalue weighted by molar-refractivity contribution is 0.0929. The van der Waals surface area contributed by atoms with Crippen molar-refractivity contribution < 1.29 is 4.74 Å². The van der Waals surface area contributed by atoms with E-state index in [1.807, 2.05) is 37.0 Å². The summed E-state index contributed by atoms with van der Waals surface area (Å²) in [4.78, 5) is 6.57. The summed E-state index contributed by atoms with van der Waals surface area (Å²) in [5.74, 6) is 1.67. The Bertz CT molecular complexity index is 739. The number of nitrogens with zero attached hydrogens (tertiary/aromatic N) is 4. The molecule has 1 atom stereocenters. The van der Waals surface area contributed by atoms with Gasteiger partial charge in [0.25, 0.3) is 0 Å². The Morgan fingerprint density at radius 3 is 2.61 bits per heavy atom. The van der Waals surface area contributed by atoms with Crippen LogP contribution in [-0.2, 0) is 24.9 Å². The van der Waals surface area contributed by atoms with Crippen LogP contribution in [0.1, 0.15) is 43.5 Å². The largest absolute Gasteiger partial charge is 0.376 e. The van der Waals surface area contributed by atoms with Gasteiger partial charge in [0.2, 0.25) is 0 Å². The predicted octanol–water partition coefficient (Wildman–Crippen LogP) is 3.40. The second kappa shape index (κ2) is 10.9. The van der Waals surface area contributed by atoms with Crippen molar-refractivity contribution in [1.29, 1.82) is 0 Å². The van der Waals surface area contributed by atoms with Gasteiger partial charge in [-0.3, -0.25) is 9.67 Å². The molecule has 1 N–H and O–H groups in total. The van der Waals surface area contributed by atoms with Gasteiger partial charge in [-0.25, -0.2) is 0 Å². The minimum atomic E-state index is 0.387. The first-order valence-corrected chi connectivity index (χ1v) is 9.96. The minimum Gasteiger partial charge on any atom is -0.376 e.